The van der Waals surface area contributed by atoms with Crippen LogP contribution in [0.3, 0.4) is 0 Å². The van der Waals surface area contributed by atoms with Crippen LogP contribution in [0.4, 0.5) is 5.69 Å². The Kier molecular flexibility index (Phi) is 5.18. The third-order valence-electron chi connectivity index (χ3n) is 8.75. The summed E-state index contributed by atoms with van der Waals surface area (Å²) in [6.07, 6.45) is 6.92. The number of nitrogens with zero attached hydrogens (tertiary/aromatic N) is 1. The Morgan fingerprint density at radius 1 is 0.784 bits per heavy atom. The highest BCUT2D eigenvalue weighted by Crippen LogP contribution is 2.51. The number of methoxy groups -OCH3 is 1. The predicted octanol–water partition coefficient (Wildman–Crippen LogP) is 8.93. The molecular weight excluding hydrogens is 450 g/mol. The van der Waals surface area contributed by atoms with Crippen LogP contribution in [0.1, 0.15) is 51.3 Å². The summed E-state index contributed by atoms with van der Waals surface area (Å²) in [4.78, 5) is 2.35. The average molecular weight is 486 g/mol. The first kappa shape index (κ1) is 23.6. The molecule has 37 heavy (non-hydrogen) atoms. The molecule has 0 bridgehead atoms. The van der Waals surface area contributed by atoms with Crippen molar-refractivity contribution >= 4 is 32.8 Å². The van der Waals surface area contributed by atoms with Crippen molar-refractivity contribution in [2.45, 2.75) is 45.4 Å². The van der Waals surface area contributed by atoms with Crippen LogP contribution in [0.2, 0.25) is 0 Å². The quantitative estimate of drug-likeness (QED) is 0.287. The van der Waals surface area contributed by atoms with Crippen molar-refractivity contribution in [1.82, 2.24) is 0 Å². The molecule has 0 atom stereocenters. The van der Waals surface area contributed by atoms with Gasteiger partial charge in [0.25, 0.3) is 0 Å². The number of anilines is 1. The van der Waals surface area contributed by atoms with Crippen LogP contribution in [-0.4, -0.2) is 14.2 Å². The summed E-state index contributed by atoms with van der Waals surface area (Å²) in [5.41, 5.74) is 9.39. The first-order chi connectivity index (χ1) is 17.7. The molecule has 0 saturated carbocycles. The van der Waals surface area contributed by atoms with E-state index < -0.39 is 0 Å². The lowest BCUT2D eigenvalue weighted by atomic mass is 9.78. The fourth-order valence-corrected chi connectivity index (χ4v) is 6.93. The molecule has 0 aromatic heterocycles. The molecule has 2 aliphatic rings. The van der Waals surface area contributed by atoms with E-state index in [-0.39, 0.29) is 10.8 Å². The molecule has 0 radical (unpaired) electrons. The second-order valence-electron chi connectivity index (χ2n) is 11.5. The highest BCUT2D eigenvalue weighted by Gasteiger charge is 2.40. The highest BCUT2D eigenvalue weighted by atomic mass is 16.5. The van der Waals surface area contributed by atoms with Gasteiger partial charge in [-0.25, -0.2) is 0 Å². The molecule has 1 heterocycles. The van der Waals surface area contributed by atoms with E-state index in [0.717, 1.165) is 5.75 Å². The molecule has 0 amide bonds. The summed E-state index contributed by atoms with van der Waals surface area (Å²) in [5.74, 6) is 0.895. The Bertz CT molecular complexity index is 1680. The molecule has 0 unspecified atom stereocenters. The predicted molar refractivity (Wildman–Crippen MR) is 159 cm³/mol. The average Bonchev–Trinajstić information content (AvgIpc) is 3.21. The summed E-state index contributed by atoms with van der Waals surface area (Å²) in [6.45, 7) is 11.7. The van der Waals surface area contributed by atoms with Crippen molar-refractivity contribution in [3.63, 3.8) is 0 Å². The number of hydrogen-bond acceptors (Lipinski definition) is 2. The molecule has 186 valence electrons. The number of ether oxygens (including phenoxy) is 1. The van der Waals surface area contributed by atoms with E-state index >= 15 is 0 Å². The normalized spacial score (nSPS) is 18.9. The fraction of sp³-hybridized carbons (Fsp3) is 0.257. The summed E-state index contributed by atoms with van der Waals surface area (Å²) in [6, 6.07) is 24.2. The molecule has 6 rings (SSSR count). The Morgan fingerprint density at radius 2 is 1.51 bits per heavy atom. The Balaban J connectivity index is 1.40. The van der Waals surface area contributed by atoms with Gasteiger partial charge in [-0.1, -0.05) is 88.4 Å². The van der Waals surface area contributed by atoms with Crippen LogP contribution in [-0.2, 0) is 10.8 Å². The lowest BCUT2D eigenvalue weighted by Gasteiger charge is -2.25. The van der Waals surface area contributed by atoms with E-state index in [1.807, 2.05) is 0 Å². The van der Waals surface area contributed by atoms with Gasteiger partial charge in [0.1, 0.15) is 5.75 Å². The minimum Gasteiger partial charge on any atom is -0.497 e. The molecule has 0 saturated heterocycles. The summed E-state index contributed by atoms with van der Waals surface area (Å²) in [7, 11) is 3.91. The monoisotopic (exact) mass is 485 g/mol. The topological polar surface area (TPSA) is 12.5 Å². The number of rotatable bonds is 3. The number of fused-ring (bicyclic) bond motifs is 6. The smallest absolute Gasteiger partial charge is 0.119 e. The van der Waals surface area contributed by atoms with Crippen molar-refractivity contribution < 1.29 is 4.74 Å². The number of hydrogen-bond donors (Lipinski definition) is 0. The summed E-state index contributed by atoms with van der Waals surface area (Å²) >= 11 is 0. The maximum absolute atomic E-state index is 5.47. The van der Waals surface area contributed by atoms with Gasteiger partial charge >= 0.3 is 0 Å². The first-order valence-electron chi connectivity index (χ1n) is 13.1. The third-order valence-corrected chi connectivity index (χ3v) is 8.75. The number of benzene rings is 4. The standard InChI is InChI=1S/C35H35NO/c1-22-26-18-15-23-11-8-9-12-27(23)32(26)34(2,3)29(22)13-10-14-31-35(4,5)33-28-19-17-25(37-7)21-24(28)16-20-30(33)36(31)6/h8-21H,1-7H3/b13-10+,31-14+. The second-order valence-corrected chi connectivity index (χ2v) is 11.5. The Labute approximate surface area is 220 Å². The second kappa shape index (κ2) is 8.11. The van der Waals surface area contributed by atoms with Crippen molar-refractivity contribution in [2.75, 3.05) is 19.1 Å². The van der Waals surface area contributed by atoms with Gasteiger partial charge in [-0.05, 0) is 80.6 Å². The van der Waals surface area contributed by atoms with Crippen LogP contribution in [0, 0.1) is 0 Å². The van der Waals surface area contributed by atoms with Gasteiger partial charge in [0.15, 0.2) is 0 Å². The van der Waals surface area contributed by atoms with E-state index in [1.54, 1.807) is 7.11 Å². The third kappa shape index (κ3) is 3.31. The molecule has 2 heteroatoms. The minimum atomic E-state index is -0.115. The highest BCUT2D eigenvalue weighted by molar-refractivity contribution is 5.97. The van der Waals surface area contributed by atoms with Crippen molar-refractivity contribution in [2.24, 2.45) is 0 Å². The molecule has 2 nitrogen and oxygen atoms in total. The van der Waals surface area contributed by atoms with Crippen LogP contribution < -0.4 is 9.64 Å². The van der Waals surface area contributed by atoms with Gasteiger partial charge < -0.3 is 9.64 Å². The Hall–Kier alpha value is -3.78. The maximum atomic E-state index is 5.47. The van der Waals surface area contributed by atoms with Crippen molar-refractivity contribution in [3.05, 3.63) is 113 Å². The van der Waals surface area contributed by atoms with Gasteiger partial charge in [-0.15, -0.1) is 0 Å². The van der Waals surface area contributed by atoms with Crippen LogP contribution in [0.5, 0.6) is 5.75 Å². The van der Waals surface area contributed by atoms with Crippen molar-refractivity contribution in [3.8, 4) is 5.75 Å². The van der Waals surface area contributed by atoms with Crippen LogP contribution in [0.15, 0.2) is 96.2 Å². The molecule has 0 fully saturated rings. The fourth-order valence-electron chi connectivity index (χ4n) is 6.93. The van der Waals surface area contributed by atoms with E-state index in [1.165, 1.54) is 60.8 Å². The lowest BCUT2D eigenvalue weighted by Crippen LogP contribution is -2.22. The lowest BCUT2D eigenvalue weighted by molar-refractivity contribution is 0.415. The molecule has 0 N–H and O–H groups in total. The molecule has 4 aromatic carbocycles. The van der Waals surface area contributed by atoms with Crippen LogP contribution in [0.25, 0.3) is 27.1 Å². The van der Waals surface area contributed by atoms with Gasteiger partial charge in [-0.2, -0.15) is 0 Å². The number of likely N-dealkylation sites (N-methyl/N-ethyl adjacent to an activating group) is 1. The minimum absolute atomic E-state index is 0.0510. The van der Waals surface area contributed by atoms with E-state index in [2.05, 4.69) is 132 Å². The van der Waals surface area contributed by atoms with E-state index in [9.17, 15) is 0 Å². The van der Waals surface area contributed by atoms with E-state index in [4.69, 9.17) is 4.74 Å². The zero-order chi connectivity index (χ0) is 26.1. The van der Waals surface area contributed by atoms with E-state index in [0.29, 0.717) is 0 Å². The van der Waals surface area contributed by atoms with Gasteiger partial charge in [0, 0.05) is 29.3 Å². The van der Waals surface area contributed by atoms with Gasteiger partial charge in [-0.3, -0.25) is 0 Å². The molecule has 1 aliphatic carbocycles. The zero-order valence-corrected chi connectivity index (χ0v) is 22.9. The molecule has 1 aliphatic heterocycles. The van der Waals surface area contributed by atoms with Crippen molar-refractivity contribution in [1.29, 1.82) is 0 Å². The van der Waals surface area contributed by atoms with Gasteiger partial charge in [0.2, 0.25) is 0 Å². The first-order valence-corrected chi connectivity index (χ1v) is 13.1. The zero-order valence-electron chi connectivity index (χ0n) is 22.9. The Morgan fingerprint density at radius 3 is 2.30 bits per heavy atom. The van der Waals surface area contributed by atoms with Crippen LogP contribution >= 0.6 is 0 Å². The number of allylic oxidation sites excluding steroid dienone is 6. The SMILES string of the molecule is COc1ccc2c3c(ccc2c1)N(C)/C(=C/C=C/C1=C(C)c2ccc4ccccc4c2C1(C)C)C3(C)C. The molecule has 4 aromatic rings. The largest absolute Gasteiger partial charge is 0.497 e. The summed E-state index contributed by atoms with van der Waals surface area (Å²) in [5, 5.41) is 5.18. The summed E-state index contributed by atoms with van der Waals surface area (Å²) < 4.78 is 5.47. The maximum Gasteiger partial charge on any atom is 0.119 e. The molecular formula is C35H35NO. The van der Waals surface area contributed by atoms with Gasteiger partial charge in [0.05, 0.1) is 7.11 Å². The molecule has 0 spiro atoms.